The van der Waals surface area contributed by atoms with Gasteiger partial charge in [-0.05, 0) is 38.4 Å². The number of nitrogens with zero attached hydrogens (tertiary/aromatic N) is 4. The maximum atomic E-state index is 12.6. The van der Waals surface area contributed by atoms with Crippen molar-refractivity contribution < 1.29 is 9.53 Å². The number of anilines is 3. The number of fused-ring (bicyclic) bond motifs is 1. The quantitative estimate of drug-likeness (QED) is 0.151. The van der Waals surface area contributed by atoms with Crippen molar-refractivity contribution in [1.29, 1.82) is 5.26 Å². The Morgan fingerprint density at radius 1 is 1.19 bits per heavy atom. The number of thiazole rings is 1. The number of pyridine rings is 1. The Labute approximate surface area is 263 Å². The number of aromatic nitrogens is 2. The van der Waals surface area contributed by atoms with Crippen molar-refractivity contribution in [2.45, 2.75) is 9.24 Å². The molecule has 0 radical (unpaired) electrons. The van der Waals surface area contributed by atoms with Gasteiger partial charge in [0.2, 0.25) is 5.91 Å². The summed E-state index contributed by atoms with van der Waals surface area (Å²) in [4.78, 5) is 24.6. The zero-order valence-electron chi connectivity index (χ0n) is 23.6. The predicted molar refractivity (Wildman–Crippen MR) is 176 cm³/mol. The average molecular weight is 627 g/mol. The summed E-state index contributed by atoms with van der Waals surface area (Å²) in [5.74, 6) is 0.154. The van der Waals surface area contributed by atoms with Gasteiger partial charge < -0.3 is 20.3 Å². The summed E-state index contributed by atoms with van der Waals surface area (Å²) < 4.78 is 6.40. The average Bonchev–Trinajstić information content (AvgIpc) is 3.47. The number of hydrogen-bond acceptors (Lipinski definition) is 9. The molecule has 0 bridgehead atoms. The molecule has 0 aliphatic rings. The zero-order chi connectivity index (χ0) is 30.3. The molecule has 43 heavy (non-hydrogen) atoms. The van der Waals surface area contributed by atoms with Gasteiger partial charge in [-0.3, -0.25) is 9.78 Å². The second kappa shape index (κ2) is 13.7. The van der Waals surface area contributed by atoms with Crippen LogP contribution in [0.25, 0.3) is 22.2 Å². The largest absolute Gasteiger partial charge is 0.494 e. The summed E-state index contributed by atoms with van der Waals surface area (Å²) in [5.41, 5.74) is 4.61. The van der Waals surface area contributed by atoms with Crippen LogP contribution in [0.4, 0.5) is 17.1 Å². The summed E-state index contributed by atoms with van der Waals surface area (Å²) >= 11 is 9.77. The van der Waals surface area contributed by atoms with E-state index in [1.165, 1.54) is 31.1 Å². The number of ether oxygens (including phenoxy) is 1. The molecule has 0 unspecified atom stereocenters. The summed E-state index contributed by atoms with van der Waals surface area (Å²) in [6.45, 7) is 0.629. The molecular weight excluding hydrogens is 600 g/mol. The van der Waals surface area contributed by atoms with Crippen molar-refractivity contribution in [2.75, 3.05) is 38.4 Å². The highest BCUT2D eigenvalue weighted by atomic mass is 35.5. The fraction of sp³-hybridized carbons (Fsp3) is 0.125. The number of methoxy groups -OCH3 is 1. The lowest BCUT2D eigenvalue weighted by Gasteiger charge is -2.15. The number of carbonyl (C=O) groups excluding carboxylic acids is 1. The normalized spacial score (nSPS) is 11.2. The van der Waals surface area contributed by atoms with E-state index in [-0.39, 0.29) is 5.91 Å². The van der Waals surface area contributed by atoms with Gasteiger partial charge in [-0.15, -0.1) is 11.3 Å². The lowest BCUT2D eigenvalue weighted by atomic mass is 10.1. The number of nitriles is 1. The van der Waals surface area contributed by atoms with Gasteiger partial charge in [-0.25, -0.2) is 4.98 Å². The van der Waals surface area contributed by atoms with E-state index in [9.17, 15) is 10.1 Å². The molecule has 5 rings (SSSR count). The Morgan fingerprint density at radius 3 is 2.72 bits per heavy atom. The molecule has 1 amide bonds. The Morgan fingerprint density at radius 2 is 2.00 bits per heavy atom. The molecule has 216 valence electrons. The first kappa shape index (κ1) is 30.1. The van der Waals surface area contributed by atoms with Crippen molar-refractivity contribution >= 4 is 68.6 Å². The minimum atomic E-state index is -0.297. The zero-order valence-corrected chi connectivity index (χ0v) is 26.0. The smallest absolute Gasteiger partial charge is 0.248 e. The molecule has 0 aliphatic heterocycles. The highest BCUT2D eigenvalue weighted by molar-refractivity contribution is 8.01. The maximum Gasteiger partial charge on any atom is 0.248 e. The van der Waals surface area contributed by atoms with Gasteiger partial charge in [0, 0.05) is 51.8 Å². The molecule has 8 nitrogen and oxygen atoms in total. The van der Waals surface area contributed by atoms with E-state index >= 15 is 0 Å². The molecule has 0 saturated carbocycles. The summed E-state index contributed by atoms with van der Waals surface area (Å²) in [5, 5.41) is 19.3. The Hall–Kier alpha value is -4.40. The van der Waals surface area contributed by atoms with Crippen LogP contribution in [0.2, 0.25) is 5.02 Å². The SMILES string of the molecule is COc1cc2ncc(C#N)c(Nc3ccc(Sc4nc(-c5ccccc5)cs4)c(Cl)c3)c2cc1NC(=O)/C=C/CN(C)C. The summed E-state index contributed by atoms with van der Waals surface area (Å²) in [6, 6.07) is 21.3. The predicted octanol–water partition coefficient (Wildman–Crippen LogP) is 7.84. The number of carbonyl (C=O) groups is 1. The third-order valence-electron chi connectivity index (χ3n) is 6.26. The second-order valence-corrected chi connectivity index (χ2v) is 12.2. The molecule has 0 aliphatic carbocycles. The monoisotopic (exact) mass is 626 g/mol. The van der Waals surface area contributed by atoms with E-state index in [1.54, 1.807) is 29.5 Å². The molecular formula is C32H27ClN6O2S2. The third-order valence-corrected chi connectivity index (χ3v) is 8.70. The maximum absolute atomic E-state index is 12.6. The van der Waals surface area contributed by atoms with E-state index in [4.69, 9.17) is 21.3 Å². The van der Waals surface area contributed by atoms with Gasteiger partial charge in [0.25, 0.3) is 0 Å². The first-order chi connectivity index (χ1) is 20.8. The molecule has 5 aromatic rings. The van der Waals surface area contributed by atoms with Gasteiger partial charge >= 0.3 is 0 Å². The fourth-order valence-electron chi connectivity index (χ4n) is 4.20. The lowest BCUT2D eigenvalue weighted by molar-refractivity contribution is -0.111. The second-order valence-electron chi connectivity index (χ2n) is 9.62. The van der Waals surface area contributed by atoms with Crippen LogP contribution in [0.1, 0.15) is 5.56 Å². The van der Waals surface area contributed by atoms with Crippen LogP contribution in [0, 0.1) is 11.3 Å². The van der Waals surface area contributed by atoms with Gasteiger partial charge in [0.15, 0.2) is 4.34 Å². The number of amides is 1. The van der Waals surface area contributed by atoms with E-state index in [0.717, 1.165) is 20.5 Å². The number of likely N-dealkylation sites (N-methyl/N-ethyl adjacent to an activating group) is 1. The Bertz CT molecular complexity index is 1850. The van der Waals surface area contributed by atoms with Crippen LogP contribution >= 0.6 is 34.7 Å². The molecule has 0 spiro atoms. The minimum absolute atomic E-state index is 0.297. The molecule has 3 aromatic carbocycles. The topological polar surface area (TPSA) is 103 Å². The number of nitrogens with one attached hydrogen (secondary N) is 2. The van der Waals surface area contributed by atoms with E-state index < -0.39 is 0 Å². The van der Waals surface area contributed by atoms with E-state index in [2.05, 4.69) is 21.7 Å². The van der Waals surface area contributed by atoms with Gasteiger partial charge in [0.05, 0.1) is 40.3 Å². The number of benzene rings is 3. The van der Waals surface area contributed by atoms with Crippen LogP contribution in [0.5, 0.6) is 5.75 Å². The van der Waals surface area contributed by atoms with Gasteiger partial charge in [-0.1, -0.05) is 59.8 Å². The standard InChI is InChI=1S/C32H27ClN6O2S2/c1-39(2)13-7-10-30(40)37-26-15-23-25(16-28(26)41-3)35-18-21(17-34)31(23)36-22-11-12-29(24(33)14-22)43-32-38-27(19-42-32)20-8-5-4-6-9-20/h4-12,14-16,18-19H,13H2,1-3H3,(H,35,36)(H,37,40)/b10-7+. The summed E-state index contributed by atoms with van der Waals surface area (Å²) in [6.07, 6.45) is 4.75. The van der Waals surface area contributed by atoms with Crippen LogP contribution < -0.4 is 15.4 Å². The number of rotatable bonds is 10. The molecule has 11 heteroatoms. The molecule has 0 fully saturated rings. The molecule has 0 atom stereocenters. The van der Waals surface area contributed by atoms with Crippen molar-refractivity contribution in [2.24, 2.45) is 0 Å². The van der Waals surface area contributed by atoms with Gasteiger partial charge in [0.1, 0.15) is 11.8 Å². The van der Waals surface area contributed by atoms with E-state index in [0.29, 0.717) is 50.8 Å². The van der Waals surface area contributed by atoms with Crippen LogP contribution in [0.3, 0.4) is 0 Å². The van der Waals surface area contributed by atoms with Crippen molar-refractivity contribution in [3.8, 4) is 23.1 Å². The first-order valence-electron chi connectivity index (χ1n) is 13.1. The third kappa shape index (κ3) is 7.34. The van der Waals surface area contributed by atoms with Crippen molar-refractivity contribution in [3.05, 3.63) is 95.0 Å². The summed E-state index contributed by atoms with van der Waals surface area (Å²) in [7, 11) is 5.37. The highest BCUT2D eigenvalue weighted by Crippen LogP contribution is 2.40. The molecule has 0 saturated heterocycles. The fourth-order valence-corrected chi connectivity index (χ4v) is 6.28. The molecule has 2 aromatic heterocycles. The van der Waals surface area contributed by atoms with Crippen molar-refractivity contribution in [1.82, 2.24) is 14.9 Å². The van der Waals surface area contributed by atoms with Crippen LogP contribution in [-0.2, 0) is 4.79 Å². The van der Waals surface area contributed by atoms with Crippen LogP contribution in [0.15, 0.2) is 93.6 Å². The first-order valence-corrected chi connectivity index (χ1v) is 15.2. The number of halogens is 1. The molecule has 2 N–H and O–H groups in total. The Kier molecular flexibility index (Phi) is 9.59. The minimum Gasteiger partial charge on any atom is -0.494 e. The lowest BCUT2D eigenvalue weighted by Crippen LogP contribution is -2.13. The Balaban J connectivity index is 1.41. The number of hydrogen-bond donors (Lipinski definition) is 2. The van der Waals surface area contributed by atoms with Crippen molar-refractivity contribution in [3.63, 3.8) is 0 Å². The molecule has 2 heterocycles. The van der Waals surface area contributed by atoms with E-state index in [1.807, 2.05) is 72.9 Å². The highest BCUT2D eigenvalue weighted by Gasteiger charge is 2.16. The van der Waals surface area contributed by atoms with Crippen LogP contribution in [-0.4, -0.2) is 48.5 Å². The van der Waals surface area contributed by atoms with Gasteiger partial charge in [-0.2, -0.15) is 5.26 Å².